The topological polar surface area (TPSA) is 22.3 Å². The highest BCUT2D eigenvalue weighted by atomic mass is 16.5. The summed E-state index contributed by atoms with van der Waals surface area (Å²) >= 11 is 0. The van der Waals surface area contributed by atoms with Gasteiger partial charge in [0.2, 0.25) is 11.2 Å². The van der Waals surface area contributed by atoms with Gasteiger partial charge in [-0.1, -0.05) is 43.7 Å². The number of fused-ring (bicyclic) bond motifs is 5. The molecule has 2 aromatic carbocycles. The number of nitrogens with zero attached hydrogens (tertiary/aromatic N) is 1. The highest BCUT2D eigenvalue weighted by molar-refractivity contribution is 5.82. The number of benzene rings is 2. The van der Waals surface area contributed by atoms with Crippen molar-refractivity contribution in [2.24, 2.45) is 5.92 Å². The number of aromatic nitrogens is 1. The number of aryl methyl sites for hydroxylation is 2. The minimum Gasteiger partial charge on any atom is -0.382 e. The van der Waals surface area contributed by atoms with Crippen LogP contribution in [0.2, 0.25) is 0 Å². The lowest BCUT2D eigenvalue weighted by molar-refractivity contribution is -0.694. The molecule has 3 heteroatoms. The maximum Gasteiger partial charge on any atom is 0.213 e. The molecule has 0 amide bonds. The highest BCUT2D eigenvalue weighted by Crippen LogP contribution is 2.42. The van der Waals surface area contributed by atoms with Gasteiger partial charge >= 0.3 is 0 Å². The second-order valence-corrected chi connectivity index (χ2v) is 10.8. The number of ether oxygens (including phenoxy) is 2. The van der Waals surface area contributed by atoms with Gasteiger partial charge in [-0.15, -0.1) is 6.58 Å². The normalized spacial score (nSPS) is 18.9. The van der Waals surface area contributed by atoms with E-state index < -0.39 is 0 Å². The maximum absolute atomic E-state index is 6.52. The summed E-state index contributed by atoms with van der Waals surface area (Å²) in [6.07, 6.45) is 4.37. The van der Waals surface area contributed by atoms with Gasteiger partial charge in [-0.2, -0.15) is 4.57 Å². The quantitative estimate of drug-likeness (QED) is 0.241. The summed E-state index contributed by atoms with van der Waals surface area (Å²) in [6.45, 7) is 18.2. The summed E-state index contributed by atoms with van der Waals surface area (Å²) in [5, 5.41) is 1.34. The molecule has 0 saturated carbocycles. The monoisotopic (exact) mass is 472 g/mol. The lowest BCUT2D eigenvalue weighted by Crippen LogP contribution is -2.50. The summed E-state index contributed by atoms with van der Waals surface area (Å²) in [5.74, 6) is 0.783. The summed E-state index contributed by atoms with van der Waals surface area (Å²) in [4.78, 5) is 0. The van der Waals surface area contributed by atoms with Gasteiger partial charge in [0.1, 0.15) is 6.61 Å². The van der Waals surface area contributed by atoms with Crippen LogP contribution in [0, 0.1) is 19.8 Å². The molecular weight excluding hydrogens is 430 g/mol. The van der Waals surface area contributed by atoms with Crippen LogP contribution >= 0.6 is 0 Å². The van der Waals surface area contributed by atoms with E-state index in [4.69, 9.17) is 9.47 Å². The van der Waals surface area contributed by atoms with Crippen molar-refractivity contribution in [2.45, 2.75) is 78.6 Å². The van der Waals surface area contributed by atoms with E-state index in [1.54, 1.807) is 7.11 Å². The van der Waals surface area contributed by atoms with Gasteiger partial charge in [-0.3, -0.25) is 0 Å². The van der Waals surface area contributed by atoms with Crippen molar-refractivity contribution < 1.29 is 14.0 Å². The molecule has 0 aliphatic carbocycles. The molecule has 2 heterocycles. The minimum absolute atomic E-state index is 0.117. The van der Waals surface area contributed by atoms with Crippen molar-refractivity contribution in [1.82, 2.24) is 0 Å². The third-order valence-corrected chi connectivity index (χ3v) is 7.49. The van der Waals surface area contributed by atoms with E-state index in [-0.39, 0.29) is 24.2 Å². The fourth-order valence-corrected chi connectivity index (χ4v) is 5.90. The van der Waals surface area contributed by atoms with Crippen molar-refractivity contribution in [1.29, 1.82) is 0 Å². The van der Waals surface area contributed by atoms with Gasteiger partial charge in [0, 0.05) is 24.6 Å². The van der Waals surface area contributed by atoms with Gasteiger partial charge < -0.3 is 9.47 Å². The fraction of sp³-hybridized carbons (Fsp3) is 0.469. The largest absolute Gasteiger partial charge is 0.382 e. The molecule has 0 radical (unpaired) electrons. The Morgan fingerprint density at radius 2 is 1.80 bits per heavy atom. The second-order valence-electron chi connectivity index (χ2n) is 10.8. The standard InChI is InChI=1S/C32H42NO2/c1-9-26-31(19-35-24(7)18-23(6)34-8)33-29-12-10-11-25(15-20(2)3)27(29)13-14-30(33)28-17-21(4)16-22(5)32(26)28/h9-14,16-17,20,23-24,26,31H,1,15,18-19H2,2-8H3/q+1. The van der Waals surface area contributed by atoms with Crippen LogP contribution in [0.5, 0.6) is 0 Å². The first-order valence-electron chi connectivity index (χ1n) is 13.1. The number of hydrogen-bond donors (Lipinski definition) is 0. The van der Waals surface area contributed by atoms with Crippen LogP contribution in [0.1, 0.15) is 68.3 Å². The lowest BCUT2D eigenvalue weighted by atomic mass is 9.79. The van der Waals surface area contributed by atoms with Crippen LogP contribution in [0.4, 0.5) is 0 Å². The van der Waals surface area contributed by atoms with Crippen molar-refractivity contribution in [2.75, 3.05) is 13.7 Å². The van der Waals surface area contributed by atoms with Gasteiger partial charge in [-0.05, 0) is 75.3 Å². The Hall–Kier alpha value is -2.49. The van der Waals surface area contributed by atoms with Crippen LogP contribution in [0.25, 0.3) is 22.2 Å². The summed E-state index contributed by atoms with van der Waals surface area (Å²) in [7, 11) is 1.76. The smallest absolute Gasteiger partial charge is 0.213 e. The number of allylic oxidation sites excluding steroid dienone is 1. The van der Waals surface area contributed by atoms with Crippen LogP contribution in [-0.2, 0) is 15.9 Å². The molecule has 3 nitrogen and oxygen atoms in total. The SMILES string of the molecule is C=CC1c2c(C)cc(C)cc2-c2ccc3c(CC(C)C)cccc3[n+]2C1COC(C)CC(C)OC. The van der Waals surface area contributed by atoms with Crippen molar-refractivity contribution in [3.63, 3.8) is 0 Å². The zero-order valence-electron chi connectivity index (χ0n) is 22.6. The van der Waals surface area contributed by atoms with E-state index in [1.165, 1.54) is 44.4 Å². The van der Waals surface area contributed by atoms with Crippen LogP contribution in [0.15, 0.2) is 55.1 Å². The maximum atomic E-state index is 6.52. The van der Waals surface area contributed by atoms with Gasteiger partial charge in [-0.25, -0.2) is 0 Å². The Labute approximate surface area is 211 Å². The fourth-order valence-electron chi connectivity index (χ4n) is 5.90. The predicted molar refractivity (Wildman–Crippen MR) is 146 cm³/mol. The van der Waals surface area contributed by atoms with E-state index in [1.807, 2.05) is 0 Å². The molecule has 0 fully saturated rings. The Kier molecular flexibility index (Phi) is 7.78. The van der Waals surface area contributed by atoms with E-state index in [9.17, 15) is 0 Å². The van der Waals surface area contributed by atoms with Crippen molar-refractivity contribution >= 4 is 10.9 Å². The van der Waals surface area contributed by atoms with Gasteiger partial charge in [0.15, 0.2) is 6.04 Å². The van der Waals surface area contributed by atoms with E-state index in [2.05, 4.69) is 101 Å². The zero-order chi connectivity index (χ0) is 25.3. The van der Waals surface area contributed by atoms with Crippen LogP contribution in [-0.4, -0.2) is 25.9 Å². The molecule has 0 spiro atoms. The first kappa shape index (κ1) is 25.6. The second kappa shape index (κ2) is 10.6. The van der Waals surface area contributed by atoms with Gasteiger partial charge in [0.25, 0.3) is 0 Å². The molecule has 1 aliphatic heterocycles. The molecule has 0 N–H and O–H groups in total. The summed E-state index contributed by atoms with van der Waals surface area (Å²) < 4.78 is 14.5. The lowest BCUT2D eigenvalue weighted by Gasteiger charge is -2.32. The molecule has 4 unspecified atom stereocenters. The van der Waals surface area contributed by atoms with Crippen LogP contribution < -0.4 is 4.57 Å². The third kappa shape index (κ3) is 5.08. The molecule has 35 heavy (non-hydrogen) atoms. The van der Waals surface area contributed by atoms with E-state index in [0.717, 1.165) is 12.8 Å². The summed E-state index contributed by atoms with van der Waals surface area (Å²) in [6, 6.07) is 16.2. The molecule has 4 rings (SSSR count). The predicted octanol–water partition coefficient (Wildman–Crippen LogP) is 7.26. The van der Waals surface area contributed by atoms with Crippen molar-refractivity contribution in [3.05, 3.63) is 77.4 Å². The Balaban J connectivity index is 1.90. The first-order chi connectivity index (χ1) is 16.7. The highest BCUT2D eigenvalue weighted by Gasteiger charge is 2.41. The van der Waals surface area contributed by atoms with E-state index in [0.29, 0.717) is 12.5 Å². The Morgan fingerprint density at radius 1 is 1.03 bits per heavy atom. The molecular formula is C32H42NO2+. The molecule has 1 aromatic heterocycles. The zero-order valence-corrected chi connectivity index (χ0v) is 22.6. The number of methoxy groups -OCH3 is 1. The molecule has 0 saturated heterocycles. The summed E-state index contributed by atoms with van der Waals surface area (Å²) in [5.41, 5.74) is 9.29. The minimum atomic E-state index is 0.117. The molecule has 186 valence electrons. The molecule has 1 aliphatic rings. The third-order valence-electron chi connectivity index (χ3n) is 7.49. The molecule has 0 bridgehead atoms. The average molecular weight is 473 g/mol. The number of pyridine rings is 1. The van der Waals surface area contributed by atoms with E-state index >= 15 is 0 Å². The Bertz CT molecular complexity index is 1210. The molecule has 4 atom stereocenters. The Morgan fingerprint density at radius 3 is 2.49 bits per heavy atom. The number of hydrogen-bond acceptors (Lipinski definition) is 2. The number of rotatable bonds is 9. The van der Waals surface area contributed by atoms with Gasteiger partial charge in [0.05, 0.1) is 23.7 Å². The average Bonchev–Trinajstić information content (AvgIpc) is 2.81. The molecule has 3 aromatic rings. The van der Waals surface area contributed by atoms with Crippen molar-refractivity contribution in [3.8, 4) is 11.3 Å². The first-order valence-corrected chi connectivity index (χ1v) is 13.1. The van der Waals surface area contributed by atoms with Crippen LogP contribution in [0.3, 0.4) is 0 Å².